The summed E-state index contributed by atoms with van der Waals surface area (Å²) in [5, 5.41) is 1.17. The predicted octanol–water partition coefficient (Wildman–Crippen LogP) is 4.05. The van der Waals surface area contributed by atoms with Gasteiger partial charge in [-0.05, 0) is 56.4 Å². The van der Waals surface area contributed by atoms with Crippen molar-refractivity contribution < 1.29 is 4.79 Å². The van der Waals surface area contributed by atoms with Crippen LogP contribution in [0.25, 0.3) is 10.9 Å². The molecule has 3 heteroatoms. The van der Waals surface area contributed by atoms with E-state index in [9.17, 15) is 4.79 Å². The van der Waals surface area contributed by atoms with Gasteiger partial charge in [0.15, 0.2) is 0 Å². The molecule has 1 amide bonds. The lowest BCUT2D eigenvalue weighted by Crippen LogP contribution is -2.36. The number of aryl methyl sites for hydroxylation is 2. The van der Waals surface area contributed by atoms with Gasteiger partial charge in [0.1, 0.15) is 0 Å². The van der Waals surface area contributed by atoms with E-state index < -0.39 is 0 Å². The highest BCUT2D eigenvalue weighted by atomic mass is 16.2. The van der Waals surface area contributed by atoms with Crippen LogP contribution in [0, 0.1) is 19.8 Å². The van der Waals surface area contributed by atoms with Crippen molar-refractivity contribution in [3.05, 3.63) is 35.0 Å². The molecule has 1 heterocycles. The molecule has 3 rings (SSSR count). The lowest BCUT2D eigenvalue weighted by molar-refractivity contribution is 0.0722. The highest BCUT2D eigenvalue weighted by Gasteiger charge is 2.33. The summed E-state index contributed by atoms with van der Waals surface area (Å²) in [6.45, 7) is 9.38. The number of aromatic amines is 1. The van der Waals surface area contributed by atoms with Gasteiger partial charge in [0.05, 0.1) is 0 Å². The summed E-state index contributed by atoms with van der Waals surface area (Å²) in [6, 6.07) is 6.50. The number of hydrogen-bond acceptors (Lipinski definition) is 1. The Labute approximate surface area is 126 Å². The topological polar surface area (TPSA) is 36.1 Å². The van der Waals surface area contributed by atoms with Gasteiger partial charge < -0.3 is 9.88 Å². The first-order chi connectivity index (χ1) is 9.97. The minimum Gasteiger partial charge on any atom is -0.358 e. The molecule has 1 aliphatic carbocycles. The molecular weight excluding hydrogens is 260 g/mol. The first-order valence-electron chi connectivity index (χ1n) is 7.87. The third-order valence-corrected chi connectivity index (χ3v) is 4.37. The van der Waals surface area contributed by atoms with E-state index in [1.807, 2.05) is 18.2 Å². The second-order valence-corrected chi connectivity index (χ2v) is 6.72. The van der Waals surface area contributed by atoms with E-state index in [2.05, 4.69) is 37.6 Å². The average Bonchev–Trinajstić information content (AvgIpc) is 3.24. The second kappa shape index (κ2) is 5.21. The first-order valence-corrected chi connectivity index (χ1v) is 7.87. The maximum Gasteiger partial charge on any atom is 0.254 e. The lowest BCUT2D eigenvalue weighted by atomic mass is 10.1. The van der Waals surface area contributed by atoms with E-state index in [4.69, 9.17) is 0 Å². The third-order valence-electron chi connectivity index (χ3n) is 4.37. The van der Waals surface area contributed by atoms with Crippen LogP contribution in [0.1, 0.15) is 48.3 Å². The number of hydrogen-bond donors (Lipinski definition) is 1. The quantitative estimate of drug-likeness (QED) is 0.903. The summed E-state index contributed by atoms with van der Waals surface area (Å²) in [6.07, 6.45) is 2.31. The van der Waals surface area contributed by atoms with Gasteiger partial charge in [0.2, 0.25) is 0 Å². The molecule has 3 nitrogen and oxygen atoms in total. The highest BCUT2D eigenvalue weighted by Crippen LogP contribution is 2.30. The monoisotopic (exact) mass is 284 g/mol. The number of nitrogens with one attached hydrogen (secondary N) is 1. The zero-order valence-corrected chi connectivity index (χ0v) is 13.4. The maximum atomic E-state index is 12.8. The van der Waals surface area contributed by atoms with Crippen molar-refractivity contribution in [2.75, 3.05) is 6.54 Å². The Morgan fingerprint density at radius 1 is 1.33 bits per heavy atom. The molecule has 1 N–H and O–H groups in total. The summed E-state index contributed by atoms with van der Waals surface area (Å²) < 4.78 is 0. The number of fused-ring (bicyclic) bond motifs is 1. The fourth-order valence-corrected chi connectivity index (χ4v) is 2.94. The Hall–Kier alpha value is -1.77. The molecule has 1 aromatic carbocycles. The molecule has 21 heavy (non-hydrogen) atoms. The summed E-state index contributed by atoms with van der Waals surface area (Å²) in [5.41, 5.74) is 4.35. The average molecular weight is 284 g/mol. The largest absolute Gasteiger partial charge is 0.358 e. The van der Waals surface area contributed by atoms with Crippen molar-refractivity contribution in [1.29, 1.82) is 0 Å². The molecule has 112 valence electrons. The van der Waals surface area contributed by atoms with Crippen molar-refractivity contribution in [2.45, 2.75) is 46.6 Å². The van der Waals surface area contributed by atoms with E-state index in [-0.39, 0.29) is 5.91 Å². The minimum absolute atomic E-state index is 0.186. The zero-order chi connectivity index (χ0) is 15.1. The van der Waals surface area contributed by atoms with Crippen LogP contribution in [-0.4, -0.2) is 28.4 Å². The Morgan fingerprint density at radius 3 is 2.67 bits per heavy atom. The third kappa shape index (κ3) is 2.69. The van der Waals surface area contributed by atoms with Gasteiger partial charge in [-0.25, -0.2) is 0 Å². The molecule has 1 aliphatic rings. The molecule has 0 radical (unpaired) electrons. The van der Waals surface area contributed by atoms with E-state index in [1.54, 1.807) is 0 Å². The van der Waals surface area contributed by atoms with Crippen molar-refractivity contribution in [1.82, 2.24) is 9.88 Å². The molecule has 0 aliphatic heterocycles. The molecular formula is C18H24N2O. The van der Waals surface area contributed by atoms with Crippen molar-refractivity contribution in [3.63, 3.8) is 0 Å². The van der Waals surface area contributed by atoms with Crippen LogP contribution < -0.4 is 0 Å². The smallest absolute Gasteiger partial charge is 0.254 e. The summed E-state index contributed by atoms with van der Waals surface area (Å²) in [5.74, 6) is 0.695. The fraction of sp³-hybridized carbons (Fsp3) is 0.500. The lowest BCUT2D eigenvalue weighted by Gasteiger charge is -2.24. The van der Waals surface area contributed by atoms with Crippen molar-refractivity contribution in [2.24, 2.45) is 5.92 Å². The van der Waals surface area contributed by atoms with Gasteiger partial charge in [-0.2, -0.15) is 0 Å². The number of aromatic nitrogens is 1. The Balaban J connectivity index is 1.94. The number of benzene rings is 1. The van der Waals surface area contributed by atoms with Crippen molar-refractivity contribution in [3.8, 4) is 0 Å². The number of H-pyrrole nitrogens is 1. The fourth-order valence-electron chi connectivity index (χ4n) is 2.94. The second-order valence-electron chi connectivity index (χ2n) is 6.72. The molecule has 1 fully saturated rings. The number of rotatable bonds is 4. The minimum atomic E-state index is 0.186. The van der Waals surface area contributed by atoms with Crippen LogP contribution in [-0.2, 0) is 0 Å². The molecule has 0 atom stereocenters. The van der Waals surface area contributed by atoms with Gasteiger partial charge >= 0.3 is 0 Å². The number of amides is 1. The van der Waals surface area contributed by atoms with Gasteiger partial charge in [0, 0.05) is 34.7 Å². The Bertz CT molecular complexity index is 680. The molecule has 1 saturated carbocycles. The molecule has 1 aromatic heterocycles. The van der Waals surface area contributed by atoms with Crippen LogP contribution in [0.3, 0.4) is 0 Å². The highest BCUT2D eigenvalue weighted by molar-refractivity contribution is 5.99. The number of carbonyl (C=O) groups excluding carboxylic acids is 1. The van der Waals surface area contributed by atoms with E-state index >= 15 is 0 Å². The van der Waals surface area contributed by atoms with Gasteiger partial charge in [0.25, 0.3) is 5.91 Å². The molecule has 2 aromatic rings. The van der Waals surface area contributed by atoms with Crippen LogP contribution in [0.2, 0.25) is 0 Å². The number of nitrogens with zero attached hydrogens (tertiary/aromatic N) is 1. The SMILES string of the molecule is Cc1[nH]c2ccc(C(=O)N(CC(C)C)C3CC3)cc2c1C. The van der Waals surface area contributed by atoms with Gasteiger partial charge in [-0.3, -0.25) is 4.79 Å². The molecule has 0 unspecified atom stereocenters. The Kier molecular flexibility index (Phi) is 3.52. The molecule has 0 bridgehead atoms. The zero-order valence-electron chi connectivity index (χ0n) is 13.4. The maximum absolute atomic E-state index is 12.8. The summed E-state index contributed by atoms with van der Waals surface area (Å²) >= 11 is 0. The van der Waals surface area contributed by atoms with Gasteiger partial charge in [-0.15, -0.1) is 0 Å². The standard InChI is InChI=1S/C18H24N2O/c1-11(2)10-20(15-6-7-15)18(21)14-5-8-17-16(9-14)12(3)13(4)19-17/h5,8-9,11,15,19H,6-7,10H2,1-4H3. The van der Waals surface area contributed by atoms with Crippen LogP contribution in [0.15, 0.2) is 18.2 Å². The summed E-state index contributed by atoms with van der Waals surface area (Å²) in [4.78, 5) is 18.3. The Morgan fingerprint density at radius 2 is 2.05 bits per heavy atom. The molecule has 0 saturated heterocycles. The van der Waals surface area contributed by atoms with E-state index in [0.717, 1.165) is 30.5 Å². The van der Waals surface area contributed by atoms with Crippen LogP contribution in [0.5, 0.6) is 0 Å². The summed E-state index contributed by atoms with van der Waals surface area (Å²) in [7, 11) is 0. The van der Waals surface area contributed by atoms with Gasteiger partial charge in [-0.1, -0.05) is 13.8 Å². The normalized spacial score (nSPS) is 14.9. The molecule has 0 spiro atoms. The number of carbonyl (C=O) groups is 1. The van der Waals surface area contributed by atoms with E-state index in [0.29, 0.717) is 12.0 Å². The van der Waals surface area contributed by atoms with E-state index in [1.165, 1.54) is 16.6 Å². The first kappa shape index (κ1) is 14.2. The van der Waals surface area contributed by atoms with Crippen molar-refractivity contribution >= 4 is 16.8 Å². The predicted molar refractivity (Wildman–Crippen MR) is 86.7 cm³/mol. The van der Waals surface area contributed by atoms with Crippen LogP contribution >= 0.6 is 0 Å². The van der Waals surface area contributed by atoms with Crippen LogP contribution in [0.4, 0.5) is 0 Å².